The van der Waals surface area contributed by atoms with Gasteiger partial charge in [-0.25, -0.2) is 0 Å². The Kier molecular flexibility index (Phi) is 5.09. The molecule has 0 aliphatic heterocycles. The van der Waals surface area contributed by atoms with Gasteiger partial charge in [0.1, 0.15) is 5.75 Å². The van der Waals surface area contributed by atoms with Crippen molar-refractivity contribution in [3.63, 3.8) is 0 Å². The topological polar surface area (TPSA) is 35.2 Å². The highest BCUT2D eigenvalue weighted by atomic mass is 127. The fraction of sp³-hybridized carbons (Fsp3) is 0.250. The predicted octanol–water partition coefficient (Wildman–Crippen LogP) is 4.73. The summed E-state index contributed by atoms with van der Waals surface area (Å²) < 4.78 is 7.58. The van der Waals surface area contributed by atoms with Crippen LogP contribution in [-0.2, 0) is 0 Å². The third-order valence-electron chi connectivity index (χ3n) is 3.41. The van der Waals surface area contributed by atoms with Gasteiger partial charge in [-0.2, -0.15) is 0 Å². The molecular formula is C16H17BrINO. The molecule has 1 atom stereocenters. The summed E-state index contributed by atoms with van der Waals surface area (Å²) in [5, 5.41) is 0. The zero-order valence-corrected chi connectivity index (χ0v) is 15.4. The third-order valence-corrected chi connectivity index (χ3v) is 4.89. The van der Waals surface area contributed by atoms with Crippen molar-refractivity contribution in [3.8, 4) is 5.75 Å². The number of benzene rings is 2. The number of methoxy groups -OCH3 is 1. The van der Waals surface area contributed by atoms with Gasteiger partial charge in [0.2, 0.25) is 0 Å². The van der Waals surface area contributed by atoms with E-state index in [9.17, 15) is 0 Å². The monoisotopic (exact) mass is 445 g/mol. The van der Waals surface area contributed by atoms with Crippen LogP contribution in [0.1, 0.15) is 28.3 Å². The van der Waals surface area contributed by atoms with Crippen LogP contribution in [0.15, 0.2) is 34.8 Å². The van der Waals surface area contributed by atoms with Crippen molar-refractivity contribution in [1.29, 1.82) is 0 Å². The number of rotatable bonds is 3. The quantitative estimate of drug-likeness (QED) is 0.693. The van der Waals surface area contributed by atoms with Crippen LogP contribution in [0.2, 0.25) is 0 Å². The Balaban J connectivity index is 2.50. The molecule has 1 unspecified atom stereocenters. The van der Waals surface area contributed by atoms with Gasteiger partial charge in [0.25, 0.3) is 0 Å². The van der Waals surface area contributed by atoms with Crippen LogP contribution in [-0.4, -0.2) is 7.11 Å². The van der Waals surface area contributed by atoms with Crippen LogP contribution in [0, 0.1) is 17.4 Å². The molecule has 2 aromatic carbocycles. The van der Waals surface area contributed by atoms with Crippen molar-refractivity contribution in [3.05, 3.63) is 60.6 Å². The van der Waals surface area contributed by atoms with Crippen molar-refractivity contribution in [2.45, 2.75) is 19.9 Å². The lowest BCUT2D eigenvalue weighted by atomic mass is 9.94. The number of hydrogen-bond acceptors (Lipinski definition) is 2. The van der Waals surface area contributed by atoms with Gasteiger partial charge in [0.05, 0.1) is 13.2 Å². The zero-order valence-electron chi connectivity index (χ0n) is 11.7. The average molecular weight is 446 g/mol. The molecule has 0 aliphatic carbocycles. The SMILES string of the molecule is COc1cc(C)c(C(N)c2cc(Br)ccc2I)cc1C. The Labute approximate surface area is 142 Å². The summed E-state index contributed by atoms with van der Waals surface area (Å²) in [6.45, 7) is 4.11. The van der Waals surface area contributed by atoms with Gasteiger partial charge in [-0.1, -0.05) is 22.0 Å². The minimum Gasteiger partial charge on any atom is -0.496 e. The summed E-state index contributed by atoms with van der Waals surface area (Å²) in [4.78, 5) is 0. The maximum absolute atomic E-state index is 6.48. The highest BCUT2D eigenvalue weighted by Gasteiger charge is 2.16. The molecule has 2 N–H and O–H groups in total. The summed E-state index contributed by atoms with van der Waals surface area (Å²) in [5.41, 5.74) is 11.0. The summed E-state index contributed by atoms with van der Waals surface area (Å²) in [6, 6.07) is 10.2. The Bertz CT molecular complexity index is 643. The van der Waals surface area contributed by atoms with Crippen LogP contribution in [0.25, 0.3) is 0 Å². The van der Waals surface area contributed by atoms with E-state index in [0.29, 0.717) is 0 Å². The van der Waals surface area contributed by atoms with E-state index in [1.54, 1.807) is 7.11 Å². The molecule has 0 spiro atoms. The minimum atomic E-state index is -0.135. The van der Waals surface area contributed by atoms with Gasteiger partial charge in [-0.05, 0) is 83.0 Å². The van der Waals surface area contributed by atoms with Crippen molar-refractivity contribution in [1.82, 2.24) is 0 Å². The van der Waals surface area contributed by atoms with Gasteiger partial charge >= 0.3 is 0 Å². The first-order chi connectivity index (χ1) is 9.43. The van der Waals surface area contributed by atoms with E-state index in [-0.39, 0.29) is 6.04 Å². The Morgan fingerprint density at radius 3 is 2.45 bits per heavy atom. The second-order valence-corrected chi connectivity index (χ2v) is 6.90. The first-order valence-corrected chi connectivity index (χ1v) is 8.17. The van der Waals surface area contributed by atoms with Gasteiger partial charge in [-0.15, -0.1) is 0 Å². The van der Waals surface area contributed by atoms with Crippen LogP contribution in [0.4, 0.5) is 0 Å². The number of ether oxygens (including phenoxy) is 1. The number of hydrogen-bond donors (Lipinski definition) is 1. The Morgan fingerprint density at radius 1 is 1.10 bits per heavy atom. The lowest BCUT2D eigenvalue weighted by Gasteiger charge is -2.19. The van der Waals surface area contributed by atoms with E-state index in [1.807, 2.05) is 13.0 Å². The highest BCUT2D eigenvalue weighted by Crippen LogP contribution is 2.32. The van der Waals surface area contributed by atoms with E-state index < -0.39 is 0 Å². The molecule has 0 bridgehead atoms. The fourth-order valence-corrected chi connectivity index (χ4v) is 3.34. The molecule has 0 saturated heterocycles. The lowest BCUT2D eigenvalue weighted by Crippen LogP contribution is -2.15. The second-order valence-electron chi connectivity index (χ2n) is 4.82. The molecule has 0 amide bonds. The van der Waals surface area contributed by atoms with Gasteiger partial charge in [-0.3, -0.25) is 0 Å². The molecule has 2 nitrogen and oxygen atoms in total. The normalized spacial score (nSPS) is 12.3. The molecule has 0 saturated carbocycles. The van der Waals surface area contributed by atoms with Gasteiger partial charge < -0.3 is 10.5 Å². The number of halogens is 2. The molecule has 0 radical (unpaired) electrons. The van der Waals surface area contributed by atoms with Crippen LogP contribution in [0.5, 0.6) is 5.75 Å². The highest BCUT2D eigenvalue weighted by molar-refractivity contribution is 14.1. The van der Waals surface area contributed by atoms with E-state index in [1.165, 1.54) is 3.57 Å². The van der Waals surface area contributed by atoms with Crippen molar-refractivity contribution < 1.29 is 4.74 Å². The van der Waals surface area contributed by atoms with Crippen molar-refractivity contribution >= 4 is 38.5 Å². The maximum atomic E-state index is 6.48. The molecule has 4 heteroatoms. The molecule has 0 fully saturated rings. The molecule has 20 heavy (non-hydrogen) atoms. The van der Waals surface area contributed by atoms with E-state index in [0.717, 1.165) is 32.5 Å². The Hall–Kier alpha value is -0.590. The first-order valence-electron chi connectivity index (χ1n) is 6.29. The molecule has 0 aromatic heterocycles. The second kappa shape index (κ2) is 6.45. The lowest BCUT2D eigenvalue weighted by molar-refractivity contribution is 0.411. The summed E-state index contributed by atoms with van der Waals surface area (Å²) in [5.74, 6) is 0.905. The van der Waals surface area contributed by atoms with Crippen molar-refractivity contribution in [2.24, 2.45) is 5.73 Å². The predicted molar refractivity (Wildman–Crippen MR) is 95.4 cm³/mol. The summed E-state index contributed by atoms with van der Waals surface area (Å²) in [7, 11) is 1.69. The van der Waals surface area contributed by atoms with E-state index in [2.05, 4.69) is 69.7 Å². The first kappa shape index (κ1) is 15.8. The fourth-order valence-electron chi connectivity index (χ4n) is 2.29. The minimum absolute atomic E-state index is 0.135. The molecule has 2 aromatic rings. The molecule has 106 valence electrons. The standard InChI is InChI=1S/C16H17BrINO/c1-9-7-15(20-3)10(2)6-12(9)16(19)13-8-11(17)4-5-14(13)18/h4-8,16H,19H2,1-3H3. The molecule has 0 heterocycles. The number of nitrogens with two attached hydrogens (primary N) is 1. The van der Waals surface area contributed by atoms with Crippen LogP contribution < -0.4 is 10.5 Å². The van der Waals surface area contributed by atoms with Crippen molar-refractivity contribution in [2.75, 3.05) is 7.11 Å². The maximum Gasteiger partial charge on any atom is 0.122 e. The van der Waals surface area contributed by atoms with E-state index >= 15 is 0 Å². The summed E-state index contributed by atoms with van der Waals surface area (Å²) in [6.07, 6.45) is 0. The van der Waals surface area contributed by atoms with Crippen LogP contribution >= 0.6 is 38.5 Å². The number of aryl methyl sites for hydroxylation is 2. The summed E-state index contributed by atoms with van der Waals surface area (Å²) >= 11 is 5.84. The molecule has 0 aliphatic rings. The smallest absolute Gasteiger partial charge is 0.122 e. The average Bonchev–Trinajstić information content (AvgIpc) is 2.42. The van der Waals surface area contributed by atoms with Gasteiger partial charge in [0.15, 0.2) is 0 Å². The van der Waals surface area contributed by atoms with E-state index in [4.69, 9.17) is 10.5 Å². The largest absolute Gasteiger partial charge is 0.496 e. The molecular weight excluding hydrogens is 429 g/mol. The Morgan fingerprint density at radius 2 is 1.80 bits per heavy atom. The molecule has 2 rings (SSSR count). The van der Waals surface area contributed by atoms with Crippen LogP contribution in [0.3, 0.4) is 0 Å². The zero-order chi connectivity index (χ0) is 14.9. The van der Waals surface area contributed by atoms with Gasteiger partial charge in [0, 0.05) is 8.04 Å². The third kappa shape index (κ3) is 3.18.